The average Bonchev–Trinajstić information content (AvgIpc) is 3.04. The van der Waals surface area contributed by atoms with E-state index in [2.05, 4.69) is 9.71 Å². The van der Waals surface area contributed by atoms with Gasteiger partial charge in [-0.3, -0.25) is 9.52 Å². The van der Waals surface area contributed by atoms with Gasteiger partial charge in [0.05, 0.1) is 17.5 Å². The highest BCUT2D eigenvalue weighted by Gasteiger charge is 2.27. The molecule has 31 heavy (non-hydrogen) atoms. The zero-order valence-electron chi connectivity index (χ0n) is 17.1. The van der Waals surface area contributed by atoms with E-state index in [0.29, 0.717) is 27.5 Å². The lowest BCUT2D eigenvalue weighted by Crippen LogP contribution is -2.10. The monoisotopic (exact) mass is 460 g/mol. The molecule has 162 valence electrons. The molecule has 3 N–H and O–H groups in total. The molecule has 1 aromatic heterocycles. The smallest absolute Gasteiger partial charge is 0.337 e. The average molecular weight is 461 g/mol. The third-order valence-electron chi connectivity index (χ3n) is 4.97. The molecule has 0 radical (unpaired) electrons. The molecule has 0 aliphatic rings. The van der Waals surface area contributed by atoms with Crippen molar-refractivity contribution in [2.24, 2.45) is 0 Å². The first kappa shape index (κ1) is 22.6. The number of carboxylic acids is 1. The van der Waals surface area contributed by atoms with Crippen LogP contribution in [0.2, 0.25) is 5.02 Å². The van der Waals surface area contributed by atoms with Crippen LogP contribution in [-0.2, 0) is 10.0 Å². The number of halogens is 1. The Hall–Kier alpha value is -3.10. The number of aromatic nitrogens is 1. The number of aromatic carboxylic acids is 1. The highest BCUT2D eigenvalue weighted by atomic mass is 35.5. The fourth-order valence-electron chi connectivity index (χ4n) is 3.41. The molecule has 1 atom stereocenters. The van der Waals surface area contributed by atoms with Crippen LogP contribution in [0.25, 0.3) is 0 Å². The van der Waals surface area contributed by atoms with E-state index in [1.165, 1.54) is 0 Å². The van der Waals surface area contributed by atoms with Crippen molar-refractivity contribution in [3.8, 4) is 0 Å². The van der Waals surface area contributed by atoms with Crippen LogP contribution in [0.5, 0.6) is 0 Å². The molecule has 3 rings (SSSR count). The zero-order valence-corrected chi connectivity index (χ0v) is 18.6. The van der Waals surface area contributed by atoms with Gasteiger partial charge in [0.25, 0.3) is 0 Å². The fourth-order valence-corrected chi connectivity index (χ4v) is 4.10. The second-order valence-electron chi connectivity index (χ2n) is 7.27. The minimum Gasteiger partial charge on any atom is -0.478 e. The summed E-state index contributed by atoms with van der Waals surface area (Å²) in [6.45, 7) is 3.41. The lowest BCUT2D eigenvalue weighted by atomic mass is 9.94. The molecule has 3 aromatic rings. The summed E-state index contributed by atoms with van der Waals surface area (Å²) in [5.74, 6) is -1.85. The first-order chi connectivity index (χ1) is 14.5. The van der Waals surface area contributed by atoms with Gasteiger partial charge < -0.3 is 10.1 Å². The molecule has 1 unspecified atom stereocenters. The molecule has 0 aliphatic carbocycles. The molecule has 9 heteroatoms. The second-order valence-corrected chi connectivity index (χ2v) is 9.46. The van der Waals surface area contributed by atoms with Crippen molar-refractivity contribution in [1.29, 1.82) is 0 Å². The van der Waals surface area contributed by atoms with E-state index in [1.807, 2.05) is 6.92 Å². The molecule has 0 spiro atoms. The highest BCUT2D eigenvalue weighted by molar-refractivity contribution is 7.92. The molecular formula is C22H21ClN2O5S. The number of hydrogen-bond acceptors (Lipinski definition) is 4. The summed E-state index contributed by atoms with van der Waals surface area (Å²) < 4.78 is 25.1. The zero-order chi connectivity index (χ0) is 22.9. The predicted octanol–water partition coefficient (Wildman–Crippen LogP) is 4.43. The number of sulfonamides is 1. The van der Waals surface area contributed by atoms with E-state index in [0.717, 1.165) is 11.8 Å². The molecular weight excluding hydrogens is 440 g/mol. The van der Waals surface area contributed by atoms with Crippen LogP contribution in [0, 0.1) is 6.92 Å². The largest absolute Gasteiger partial charge is 0.478 e. The normalized spacial score (nSPS) is 12.4. The van der Waals surface area contributed by atoms with Crippen molar-refractivity contribution < 1.29 is 23.1 Å². The number of ketones is 1. The number of carbonyl (C=O) groups is 2. The lowest BCUT2D eigenvalue weighted by molar-refractivity contribution is 0.0695. The van der Waals surface area contributed by atoms with Gasteiger partial charge in [0.1, 0.15) is 0 Å². The topological polar surface area (TPSA) is 116 Å². The van der Waals surface area contributed by atoms with Gasteiger partial charge in [-0.25, -0.2) is 13.2 Å². The Morgan fingerprint density at radius 1 is 1.06 bits per heavy atom. The Labute approximate surface area is 185 Å². The minimum absolute atomic E-state index is 0.0446. The summed E-state index contributed by atoms with van der Waals surface area (Å²) in [5.41, 5.74) is 2.54. The van der Waals surface area contributed by atoms with Gasteiger partial charge in [0.15, 0.2) is 0 Å². The van der Waals surface area contributed by atoms with E-state index in [4.69, 9.17) is 11.6 Å². The standard InChI is InChI=1S/C22H21ClN2O5S/c1-12(14-6-10-17(11-7-14)25-31(3,29)30)19-18(22(27)28)13(2)20(24-19)21(26)15-4-8-16(23)9-5-15/h4-12,24-25H,1-3H3,(H,27,28). The SMILES string of the molecule is Cc1c(C(=O)c2ccc(Cl)cc2)[nH]c(C(C)c2ccc(NS(C)(=O)=O)cc2)c1C(=O)O. The molecule has 0 saturated heterocycles. The first-order valence-corrected chi connectivity index (χ1v) is 11.6. The summed E-state index contributed by atoms with van der Waals surface area (Å²) >= 11 is 5.89. The number of rotatable bonds is 7. The number of carbonyl (C=O) groups excluding carboxylic acids is 1. The van der Waals surface area contributed by atoms with E-state index in [9.17, 15) is 23.1 Å². The van der Waals surface area contributed by atoms with Crippen molar-refractivity contribution in [1.82, 2.24) is 4.98 Å². The number of hydrogen-bond donors (Lipinski definition) is 3. The van der Waals surface area contributed by atoms with E-state index < -0.39 is 16.0 Å². The summed E-state index contributed by atoms with van der Waals surface area (Å²) in [7, 11) is -3.40. The van der Waals surface area contributed by atoms with Gasteiger partial charge in [-0.05, 0) is 54.4 Å². The van der Waals surface area contributed by atoms with Crippen LogP contribution >= 0.6 is 11.6 Å². The third-order valence-corrected chi connectivity index (χ3v) is 5.83. The number of carboxylic acid groups (broad SMARTS) is 1. The molecule has 0 amide bonds. The van der Waals surface area contributed by atoms with Crippen molar-refractivity contribution in [3.63, 3.8) is 0 Å². The Balaban J connectivity index is 2.00. The maximum absolute atomic E-state index is 13.0. The number of anilines is 1. The number of nitrogens with one attached hydrogen (secondary N) is 2. The summed E-state index contributed by atoms with van der Waals surface area (Å²) in [6.07, 6.45) is 1.06. The Bertz CT molecular complexity index is 1250. The summed E-state index contributed by atoms with van der Waals surface area (Å²) in [4.78, 5) is 28.0. The van der Waals surface area contributed by atoms with Gasteiger partial charge in [-0.15, -0.1) is 0 Å². The van der Waals surface area contributed by atoms with Crippen molar-refractivity contribution >= 4 is 39.1 Å². The quantitative estimate of drug-likeness (QED) is 0.451. The molecule has 0 aliphatic heterocycles. The Morgan fingerprint density at radius 2 is 1.65 bits per heavy atom. The fraction of sp³-hybridized carbons (Fsp3) is 0.182. The number of aromatic amines is 1. The van der Waals surface area contributed by atoms with Crippen molar-refractivity contribution in [2.45, 2.75) is 19.8 Å². The minimum atomic E-state index is -3.40. The lowest BCUT2D eigenvalue weighted by Gasteiger charge is -2.13. The Morgan fingerprint density at radius 3 is 2.16 bits per heavy atom. The summed E-state index contributed by atoms with van der Waals surface area (Å²) in [6, 6.07) is 13.0. The maximum Gasteiger partial charge on any atom is 0.337 e. The molecule has 0 bridgehead atoms. The maximum atomic E-state index is 13.0. The molecule has 0 saturated carbocycles. The number of H-pyrrole nitrogens is 1. The predicted molar refractivity (Wildman–Crippen MR) is 120 cm³/mol. The van der Waals surface area contributed by atoms with Gasteiger partial charge >= 0.3 is 5.97 Å². The molecule has 7 nitrogen and oxygen atoms in total. The van der Waals surface area contributed by atoms with Crippen LogP contribution in [0.3, 0.4) is 0 Å². The van der Waals surface area contributed by atoms with Crippen molar-refractivity contribution in [2.75, 3.05) is 11.0 Å². The number of benzene rings is 2. The highest BCUT2D eigenvalue weighted by Crippen LogP contribution is 2.31. The van der Waals surface area contributed by atoms with Crippen LogP contribution in [0.15, 0.2) is 48.5 Å². The molecule has 1 heterocycles. The molecule has 2 aromatic carbocycles. The van der Waals surface area contributed by atoms with Crippen LogP contribution in [0.1, 0.15) is 56.1 Å². The van der Waals surface area contributed by atoms with E-state index in [-0.39, 0.29) is 23.0 Å². The second kappa shape index (κ2) is 8.56. The molecule has 0 fully saturated rings. The van der Waals surface area contributed by atoms with Gasteiger partial charge in [0.2, 0.25) is 15.8 Å². The van der Waals surface area contributed by atoms with Gasteiger partial charge in [-0.1, -0.05) is 30.7 Å². The van der Waals surface area contributed by atoms with Crippen molar-refractivity contribution in [3.05, 3.63) is 87.2 Å². The third kappa shape index (κ3) is 4.98. The van der Waals surface area contributed by atoms with Crippen LogP contribution in [0.4, 0.5) is 5.69 Å². The summed E-state index contributed by atoms with van der Waals surface area (Å²) in [5, 5.41) is 10.3. The van der Waals surface area contributed by atoms with Crippen LogP contribution < -0.4 is 4.72 Å². The van der Waals surface area contributed by atoms with E-state index >= 15 is 0 Å². The van der Waals surface area contributed by atoms with Gasteiger partial charge in [-0.2, -0.15) is 0 Å². The van der Waals surface area contributed by atoms with Gasteiger partial charge in [0, 0.05) is 27.9 Å². The Kier molecular flexibility index (Phi) is 6.24. The first-order valence-electron chi connectivity index (χ1n) is 9.31. The van der Waals surface area contributed by atoms with Crippen LogP contribution in [-0.4, -0.2) is 36.5 Å². The van der Waals surface area contributed by atoms with E-state index in [1.54, 1.807) is 55.5 Å².